The van der Waals surface area contributed by atoms with Crippen LogP contribution in [0, 0.1) is 5.82 Å². The third-order valence-electron chi connectivity index (χ3n) is 3.08. The van der Waals surface area contributed by atoms with Gasteiger partial charge in [0.2, 0.25) is 0 Å². The second-order valence-corrected chi connectivity index (χ2v) is 4.60. The van der Waals surface area contributed by atoms with Crippen LogP contribution >= 0.6 is 0 Å². The van der Waals surface area contributed by atoms with Gasteiger partial charge in [-0.2, -0.15) is 0 Å². The van der Waals surface area contributed by atoms with E-state index in [9.17, 15) is 4.39 Å². The second kappa shape index (κ2) is 8.14. The Bertz CT molecular complexity index is 612. The fourth-order valence-corrected chi connectivity index (χ4v) is 1.95. The van der Waals surface area contributed by atoms with Crippen molar-refractivity contribution in [2.24, 2.45) is 4.99 Å². The number of hydrogen-bond donors (Lipinski definition) is 2. The smallest absolute Gasteiger partial charge is 0.191 e. The van der Waals surface area contributed by atoms with Gasteiger partial charge in [0.25, 0.3) is 0 Å². The van der Waals surface area contributed by atoms with Crippen molar-refractivity contribution in [3.05, 3.63) is 48.3 Å². The van der Waals surface area contributed by atoms with E-state index in [4.69, 9.17) is 4.74 Å². The van der Waals surface area contributed by atoms with Gasteiger partial charge in [-0.25, -0.2) is 9.37 Å². The van der Waals surface area contributed by atoms with Gasteiger partial charge in [0.05, 0.1) is 18.6 Å². The van der Waals surface area contributed by atoms with Crippen molar-refractivity contribution in [2.75, 3.05) is 27.3 Å². The van der Waals surface area contributed by atoms with E-state index in [1.165, 1.54) is 6.07 Å². The molecule has 1 heterocycles. The first-order valence-electron chi connectivity index (χ1n) is 6.95. The molecule has 1 aromatic heterocycles. The number of aliphatic imine (C=N–C) groups is 1. The summed E-state index contributed by atoms with van der Waals surface area (Å²) in [7, 11) is 3.33. The van der Waals surface area contributed by atoms with Crippen LogP contribution in [0.4, 0.5) is 4.39 Å². The van der Waals surface area contributed by atoms with Gasteiger partial charge >= 0.3 is 0 Å². The first-order chi connectivity index (χ1) is 10.7. The average Bonchev–Trinajstić information content (AvgIpc) is 3.05. The number of halogens is 1. The lowest BCUT2D eigenvalue weighted by Crippen LogP contribution is -2.38. The zero-order valence-electron chi connectivity index (χ0n) is 12.7. The largest absolute Gasteiger partial charge is 0.383 e. The van der Waals surface area contributed by atoms with E-state index in [0.717, 1.165) is 5.56 Å². The van der Waals surface area contributed by atoms with Crippen molar-refractivity contribution in [3.63, 3.8) is 0 Å². The van der Waals surface area contributed by atoms with Crippen molar-refractivity contribution in [1.29, 1.82) is 0 Å². The summed E-state index contributed by atoms with van der Waals surface area (Å²) >= 11 is 0. The number of benzene rings is 1. The molecule has 0 amide bonds. The summed E-state index contributed by atoms with van der Waals surface area (Å²) in [5.74, 6) is 0.357. The molecule has 2 N–H and O–H groups in total. The highest BCUT2D eigenvalue weighted by molar-refractivity contribution is 5.79. The molecule has 118 valence electrons. The number of nitrogens with one attached hydrogen (secondary N) is 2. The van der Waals surface area contributed by atoms with E-state index in [0.29, 0.717) is 31.3 Å². The fourth-order valence-electron chi connectivity index (χ4n) is 1.95. The molecule has 0 spiro atoms. The predicted octanol–water partition coefficient (Wildman–Crippen LogP) is 1.32. The van der Waals surface area contributed by atoms with Crippen LogP contribution in [0.1, 0.15) is 5.56 Å². The molecule has 0 aliphatic carbocycles. The number of nitrogens with zero attached hydrogens (tertiary/aromatic N) is 3. The van der Waals surface area contributed by atoms with Crippen LogP contribution in [0.2, 0.25) is 0 Å². The van der Waals surface area contributed by atoms with E-state index >= 15 is 0 Å². The van der Waals surface area contributed by atoms with Gasteiger partial charge in [-0.15, -0.1) is 0 Å². The Labute approximate surface area is 129 Å². The van der Waals surface area contributed by atoms with Gasteiger partial charge in [-0.1, -0.05) is 6.07 Å². The van der Waals surface area contributed by atoms with Crippen molar-refractivity contribution < 1.29 is 9.13 Å². The number of hydrogen-bond acceptors (Lipinski definition) is 3. The molecule has 0 saturated carbocycles. The SMILES string of the molecule is CN=C(NCCOC)NCc1ccc(-n2ccnc2)c(F)c1. The summed E-state index contributed by atoms with van der Waals surface area (Å²) in [5.41, 5.74) is 1.31. The topological polar surface area (TPSA) is 63.5 Å². The molecular formula is C15H20FN5O. The van der Waals surface area contributed by atoms with E-state index in [1.807, 2.05) is 6.07 Å². The first kappa shape index (κ1) is 16.0. The van der Waals surface area contributed by atoms with Gasteiger partial charge in [-0.3, -0.25) is 4.99 Å². The van der Waals surface area contributed by atoms with Gasteiger partial charge in [0, 0.05) is 39.6 Å². The predicted molar refractivity (Wildman–Crippen MR) is 83.6 cm³/mol. The molecule has 0 aliphatic heterocycles. The van der Waals surface area contributed by atoms with Crippen LogP contribution in [0.5, 0.6) is 0 Å². The minimum atomic E-state index is -0.292. The van der Waals surface area contributed by atoms with E-state index in [1.54, 1.807) is 43.5 Å². The number of guanidine groups is 1. The summed E-state index contributed by atoms with van der Waals surface area (Å²) in [6.45, 7) is 1.73. The Morgan fingerprint density at radius 1 is 1.41 bits per heavy atom. The number of ether oxygens (including phenoxy) is 1. The number of aromatic nitrogens is 2. The third kappa shape index (κ3) is 4.29. The van der Waals surface area contributed by atoms with Crippen molar-refractivity contribution in [3.8, 4) is 5.69 Å². The highest BCUT2D eigenvalue weighted by Gasteiger charge is 2.06. The summed E-state index contributed by atoms with van der Waals surface area (Å²) in [4.78, 5) is 8.01. The molecule has 6 nitrogen and oxygen atoms in total. The Balaban J connectivity index is 1.95. The molecule has 22 heavy (non-hydrogen) atoms. The molecule has 0 saturated heterocycles. The zero-order chi connectivity index (χ0) is 15.8. The van der Waals surface area contributed by atoms with E-state index < -0.39 is 0 Å². The summed E-state index contributed by atoms with van der Waals surface area (Å²) in [6.07, 6.45) is 4.89. The number of rotatable bonds is 6. The van der Waals surface area contributed by atoms with Gasteiger partial charge in [0.1, 0.15) is 5.82 Å². The number of methoxy groups -OCH3 is 1. The van der Waals surface area contributed by atoms with Crippen molar-refractivity contribution >= 4 is 5.96 Å². The Hall–Kier alpha value is -2.41. The molecule has 0 aliphatic rings. The fraction of sp³-hybridized carbons (Fsp3) is 0.333. The molecule has 7 heteroatoms. The van der Waals surface area contributed by atoms with Crippen molar-refractivity contribution in [2.45, 2.75) is 6.54 Å². The second-order valence-electron chi connectivity index (χ2n) is 4.60. The Kier molecular flexibility index (Phi) is 5.91. The molecule has 1 aromatic carbocycles. The maximum absolute atomic E-state index is 14.1. The summed E-state index contributed by atoms with van der Waals surface area (Å²) in [6, 6.07) is 5.10. The maximum Gasteiger partial charge on any atom is 0.191 e. The van der Waals surface area contributed by atoms with Gasteiger partial charge in [-0.05, 0) is 17.7 Å². The lowest BCUT2D eigenvalue weighted by molar-refractivity contribution is 0.203. The van der Waals surface area contributed by atoms with Gasteiger partial charge < -0.3 is 19.9 Å². The molecule has 2 aromatic rings. The molecule has 0 bridgehead atoms. The zero-order valence-corrected chi connectivity index (χ0v) is 12.7. The molecule has 0 atom stereocenters. The third-order valence-corrected chi connectivity index (χ3v) is 3.08. The van der Waals surface area contributed by atoms with Crippen LogP contribution in [0.15, 0.2) is 41.9 Å². The molecule has 0 radical (unpaired) electrons. The highest BCUT2D eigenvalue weighted by Crippen LogP contribution is 2.14. The monoisotopic (exact) mass is 305 g/mol. The van der Waals surface area contributed by atoms with E-state index in [-0.39, 0.29) is 5.82 Å². The Morgan fingerprint density at radius 3 is 2.91 bits per heavy atom. The standard InChI is InChI=1S/C15H20FN5O/c1-17-15(19-6-8-22-2)20-10-12-3-4-14(13(16)9-12)21-7-5-18-11-21/h3-5,7,9,11H,6,8,10H2,1-2H3,(H2,17,19,20). The first-order valence-corrected chi connectivity index (χ1v) is 6.95. The maximum atomic E-state index is 14.1. The van der Waals surface area contributed by atoms with Crippen LogP contribution < -0.4 is 10.6 Å². The molecule has 2 rings (SSSR count). The lowest BCUT2D eigenvalue weighted by Gasteiger charge is -2.12. The van der Waals surface area contributed by atoms with Gasteiger partial charge in [0.15, 0.2) is 5.96 Å². The molecule has 0 unspecified atom stereocenters. The van der Waals surface area contributed by atoms with Crippen LogP contribution in [0.25, 0.3) is 5.69 Å². The van der Waals surface area contributed by atoms with Crippen LogP contribution in [-0.4, -0.2) is 42.8 Å². The lowest BCUT2D eigenvalue weighted by atomic mass is 10.2. The quantitative estimate of drug-likeness (QED) is 0.480. The summed E-state index contributed by atoms with van der Waals surface area (Å²) in [5, 5.41) is 6.22. The van der Waals surface area contributed by atoms with Crippen LogP contribution in [-0.2, 0) is 11.3 Å². The van der Waals surface area contributed by atoms with Crippen molar-refractivity contribution in [1.82, 2.24) is 20.2 Å². The normalized spacial score (nSPS) is 11.5. The van der Waals surface area contributed by atoms with Crippen LogP contribution in [0.3, 0.4) is 0 Å². The summed E-state index contributed by atoms with van der Waals surface area (Å²) < 4.78 is 20.7. The molecular weight excluding hydrogens is 285 g/mol. The minimum Gasteiger partial charge on any atom is -0.383 e. The Morgan fingerprint density at radius 2 is 2.27 bits per heavy atom. The molecule has 0 fully saturated rings. The highest BCUT2D eigenvalue weighted by atomic mass is 19.1. The minimum absolute atomic E-state index is 0.292. The average molecular weight is 305 g/mol. The number of imidazole rings is 1. The van der Waals surface area contributed by atoms with E-state index in [2.05, 4.69) is 20.6 Å².